The first-order valence-electron chi connectivity index (χ1n) is 12.4. The van der Waals surface area contributed by atoms with Crippen LogP contribution in [0.5, 0.6) is 0 Å². The van der Waals surface area contributed by atoms with Gasteiger partial charge in [-0.1, -0.05) is 30.3 Å². The van der Waals surface area contributed by atoms with Crippen LogP contribution in [-0.4, -0.2) is 66.1 Å². The smallest absolute Gasteiger partial charge is 0.268 e. The number of carbonyl (C=O) groups is 3. The summed E-state index contributed by atoms with van der Waals surface area (Å²) in [7, 11) is 1.75. The first-order valence-corrected chi connectivity index (χ1v) is 13.4. The van der Waals surface area contributed by atoms with Crippen LogP contribution in [0.3, 0.4) is 0 Å². The Labute approximate surface area is 226 Å². The number of nitrogens with one attached hydrogen (secondary N) is 2. The van der Waals surface area contributed by atoms with Gasteiger partial charge in [0.1, 0.15) is 11.7 Å². The predicted molar refractivity (Wildman–Crippen MR) is 146 cm³/mol. The number of hydrogen-bond acceptors (Lipinski definition) is 6. The van der Waals surface area contributed by atoms with Gasteiger partial charge in [-0.05, 0) is 55.7 Å². The third-order valence-corrected chi connectivity index (χ3v) is 8.09. The molecule has 0 aliphatic carbocycles. The maximum Gasteiger partial charge on any atom is 0.268 e. The van der Waals surface area contributed by atoms with Crippen LogP contribution in [0.25, 0.3) is 0 Å². The van der Waals surface area contributed by atoms with Crippen molar-refractivity contribution in [2.24, 2.45) is 7.05 Å². The van der Waals surface area contributed by atoms with Crippen molar-refractivity contribution in [2.75, 3.05) is 5.88 Å². The zero-order valence-electron chi connectivity index (χ0n) is 21.7. The molecular formula is C28H33N5O4S. The molecule has 0 saturated carbocycles. The number of aromatic nitrogens is 2. The first kappa shape index (κ1) is 27.4. The second-order valence-electron chi connectivity index (χ2n) is 9.88. The molecule has 38 heavy (non-hydrogen) atoms. The van der Waals surface area contributed by atoms with Gasteiger partial charge < -0.3 is 25.2 Å². The second kappa shape index (κ2) is 11.8. The van der Waals surface area contributed by atoms with Crippen LogP contribution in [0, 0.1) is 0 Å². The van der Waals surface area contributed by atoms with Crippen molar-refractivity contribution in [2.45, 2.75) is 49.7 Å². The van der Waals surface area contributed by atoms with E-state index in [1.165, 1.54) is 16.7 Å². The molecule has 0 bridgehead atoms. The largest absolute Gasteiger partial charge is 0.381 e. The molecule has 2 aromatic heterocycles. The Morgan fingerprint density at radius 1 is 1.08 bits per heavy atom. The van der Waals surface area contributed by atoms with E-state index in [2.05, 4.69) is 15.6 Å². The standard InChI is InChI=1S/C28H33N5O4S/c1-28(2)24(26(36)30-17-20-11-13-29-14-12-20)33(18-38-28)27(37)23(34)21(16-19-8-5-4-6-9-19)31-25(35)22-10-7-15-32(22)3/h4-15,21,23-24,34H,16-18H2,1-3H3,(H,30,36)(H,31,35)/t21?,23?,24-/m1/s1. The van der Waals surface area contributed by atoms with E-state index >= 15 is 0 Å². The SMILES string of the molecule is Cn1cccc1C(=O)NC(Cc1ccccc1)C(O)C(=O)N1CSC(C)(C)[C@H]1C(=O)NCc1ccncc1. The van der Waals surface area contributed by atoms with Gasteiger partial charge in [0.2, 0.25) is 5.91 Å². The van der Waals surface area contributed by atoms with Crippen molar-refractivity contribution in [3.63, 3.8) is 0 Å². The van der Waals surface area contributed by atoms with Crippen LogP contribution >= 0.6 is 11.8 Å². The van der Waals surface area contributed by atoms with Crippen LogP contribution < -0.4 is 10.6 Å². The van der Waals surface area contributed by atoms with Gasteiger partial charge in [-0.15, -0.1) is 11.8 Å². The summed E-state index contributed by atoms with van der Waals surface area (Å²) in [6.07, 6.45) is 3.75. The molecule has 1 saturated heterocycles. The maximum atomic E-state index is 13.7. The number of pyridine rings is 1. The molecule has 1 fully saturated rings. The van der Waals surface area contributed by atoms with E-state index in [0.717, 1.165) is 11.1 Å². The molecule has 1 aliphatic heterocycles. The van der Waals surface area contributed by atoms with Crippen molar-refractivity contribution >= 4 is 29.5 Å². The fraction of sp³-hybridized carbons (Fsp3) is 0.357. The quantitative estimate of drug-likeness (QED) is 0.387. The van der Waals surface area contributed by atoms with Gasteiger partial charge in [-0.2, -0.15) is 0 Å². The van der Waals surface area contributed by atoms with Crippen LogP contribution in [-0.2, 0) is 29.6 Å². The lowest BCUT2D eigenvalue weighted by Crippen LogP contribution is -2.58. The van der Waals surface area contributed by atoms with Crippen molar-refractivity contribution in [1.29, 1.82) is 0 Å². The number of hydrogen-bond donors (Lipinski definition) is 3. The lowest BCUT2D eigenvalue weighted by Gasteiger charge is -2.33. The van der Waals surface area contributed by atoms with Crippen LogP contribution in [0.15, 0.2) is 73.2 Å². The minimum Gasteiger partial charge on any atom is -0.381 e. The zero-order chi connectivity index (χ0) is 27.3. The number of aryl methyl sites for hydroxylation is 1. The summed E-state index contributed by atoms with van der Waals surface area (Å²) in [6, 6.07) is 14.7. The Morgan fingerprint density at radius 3 is 2.45 bits per heavy atom. The minimum atomic E-state index is -1.55. The van der Waals surface area contributed by atoms with E-state index in [1.54, 1.807) is 42.3 Å². The fourth-order valence-corrected chi connectivity index (χ4v) is 5.73. The molecule has 1 aliphatic rings. The van der Waals surface area contributed by atoms with Gasteiger partial charge in [0.25, 0.3) is 11.8 Å². The molecule has 3 N–H and O–H groups in total. The number of thioether (sulfide) groups is 1. The summed E-state index contributed by atoms with van der Waals surface area (Å²) in [5.74, 6) is -1.04. The molecule has 10 heteroatoms. The summed E-state index contributed by atoms with van der Waals surface area (Å²) in [6.45, 7) is 4.12. The highest BCUT2D eigenvalue weighted by Crippen LogP contribution is 2.40. The van der Waals surface area contributed by atoms with Gasteiger partial charge >= 0.3 is 0 Å². The number of aliphatic hydroxyl groups is 1. The van der Waals surface area contributed by atoms with E-state index in [4.69, 9.17) is 0 Å². The summed E-state index contributed by atoms with van der Waals surface area (Å²) in [4.78, 5) is 45.5. The molecular weight excluding hydrogens is 502 g/mol. The van der Waals surface area contributed by atoms with E-state index in [-0.39, 0.29) is 18.2 Å². The minimum absolute atomic E-state index is 0.243. The molecule has 0 radical (unpaired) electrons. The van der Waals surface area contributed by atoms with Crippen LogP contribution in [0.1, 0.15) is 35.5 Å². The molecule has 4 rings (SSSR count). The molecule has 2 unspecified atom stereocenters. The molecule has 0 spiro atoms. The Kier molecular flexibility index (Phi) is 8.53. The summed E-state index contributed by atoms with van der Waals surface area (Å²) in [5.41, 5.74) is 2.16. The lowest BCUT2D eigenvalue weighted by atomic mass is 9.97. The Bertz CT molecular complexity index is 1260. The summed E-state index contributed by atoms with van der Waals surface area (Å²) < 4.78 is 1.10. The maximum absolute atomic E-state index is 13.7. The van der Waals surface area contributed by atoms with Crippen molar-refractivity contribution in [1.82, 2.24) is 25.1 Å². The molecule has 3 aromatic rings. The van der Waals surface area contributed by atoms with Crippen molar-refractivity contribution in [3.05, 3.63) is 90.0 Å². The third kappa shape index (κ3) is 6.25. The average Bonchev–Trinajstić information content (AvgIpc) is 3.49. The molecule has 3 heterocycles. The topological polar surface area (TPSA) is 117 Å². The fourth-order valence-electron chi connectivity index (χ4n) is 4.59. The zero-order valence-corrected chi connectivity index (χ0v) is 22.5. The van der Waals surface area contributed by atoms with Gasteiger partial charge in [-0.3, -0.25) is 19.4 Å². The monoisotopic (exact) mass is 535 g/mol. The highest BCUT2D eigenvalue weighted by Gasteiger charge is 2.49. The Balaban J connectivity index is 1.53. The highest BCUT2D eigenvalue weighted by molar-refractivity contribution is 8.00. The number of amides is 3. The van der Waals surface area contributed by atoms with Crippen LogP contribution in [0.4, 0.5) is 0 Å². The normalized spacial score (nSPS) is 18.0. The van der Waals surface area contributed by atoms with E-state index in [0.29, 0.717) is 12.2 Å². The number of benzene rings is 1. The number of rotatable bonds is 9. The molecule has 3 atom stereocenters. The number of nitrogens with zero attached hydrogens (tertiary/aromatic N) is 3. The van der Waals surface area contributed by atoms with Gasteiger partial charge in [-0.25, -0.2) is 0 Å². The van der Waals surface area contributed by atoms with Crippen molar-refractivity contribution in [3.8, 4) is 0 Å². The Hall–Kier alpha value is -3.63. The summed E-state index contributed by atoms with van der Waals surface area (Å²) >= 11 is 1.47. The van der Waals surface area contributed by atoms with Gasteiger partial charge in [0.15, 0.2) is 6.10 Å². The second-order valence-corrected chi connectivity index (χ2v) is 11.5. The first-order chi connectivity index (χ1) is 18.2. The molecule has 200 valence electrons. The van der Waals surface area contributed by atoms with Gasteiger partial charge in [0, 0.05) is 36.9 Å². The predicted octanol–water partition coefficient (Wildman–Crippen LogP) is 2.12. The average molecular weight is 536 g/mol. The Morgan fingerprint density at radius 2 is 1.79 bits per heavy atom. The van der Waals surface area contributed by atoms with Crippen molar-refractivity contribution < 1.29 is 19.5 Å². The highest BCUT2D eigenvalue weighted by atomic mass is 32.2. The molecule has 3 amide bonds. The third-order valence-electron chi connectivity index (χ3n) is 6.72. The van der Waals surface area contributed by atoms with Gasteiger partial charge in [0.05, 0.1) is 11.9 Å². The van der Waals surface area contributed by atoms with E-state index in [1.807, 2.05) is 56.3 Å². The summed E-state index contributed by atoms with van der Waals surface area (Å²) in [5, 5.41) is 17.1. The number of carbonyl (C=O) groups excluding carboxylic acids is 3. The van der Waals surface area contributed by atoms with E-state index in [9.17, 15) is 19.5 Å². The number of aliphatic hydroxyl groups excluding tert-OH is 1. The molecule has 1 aromatic carbocycles. The molecule has 9 nitrogen and oxygen atoms in total. The lowest BCUT2D eigenvalue weighted by molar-refractivity contribution is -0.147. The van der Waals surface area contributed by atoms with E-state index < -0.39 is 34.7 Å². The van der Waals surface area contributed by atoms with Crippen LogP contribution in [0.2, 0.25) is 0 Å².